The Balaban J connectivity index is 1.74. The molecule has 0 bridgehead atoms. The standard InChI is InChI=1S/C26H30O7/c1-3-4-15-30-26(28)24(20-13-9-6-10-14-20)33-23-17-21(16-22(32-23)25(27)29-2)31-18-19-11-7-5-8-12-19/h5-14,16,21,23-24H,3-4,15,17-18H2,1-2H3/t21-,23-,24-/m1/s1. The highest BCUT2D eigenvalue weighted by molar-refractivity contribution is 5.86. The summed E-state index contributed by atoms with van der Waals surface area (Å²) in [5.41, 5.74) is 1.63. The van der Waals surface area contributed by atoms with E-state index < -0.39 is 30.4 Å². The highest BCUT2D eigenvalue weighted by Gasteiger charge is 2.34. The van der Waals surface area contributed by atoms with Crippen LogP contribution in [0, 0.1) is 0 Å². The molecular formula is C26H30O7. The molecule has 3 rings (SSSR count). The van der Waals surface area contributed by atoms with Crippen molar-refractivity contribution in [2.75, 3.05) is 13.7 Å². The molecule has 1 aliphatic heterocycles. The molecule has 2 aromatic rings. The van der Waals surface area contributed by atoms with E-state index in [1.807, 2.05) is 55.5 Å². The van der Waals surface area contributed by atoms with Gasteiger partial charge in [-0.3, -0.25) is 0 Å². The summed E-state index contributed by atoms with van der Waals surface area (Å²) in [5.74, 6) is -1.16. The van der Waals surface area contributed by atoms with Gasteiger partial charge in [0.15, 0.2) is 6.10 Å². The molecule has 0 saturated heterocycles. The molecule has 1 aliphatic rings. The average Bonchev–Trinajstić information content (AvgIpc) is 2.86. The van der Waals surface area contributed by atoms with E-state index in [1.54, 1.807) is 18.2 Å². The maximum Gasteiger partial charge on any atom is 0.373 e. The lowest BCUT2D eigenvalue weighted by molar-refractivity contribution is -0.200. The fourth-order valence-electron chi connectivity index (χ4n) is 3.29. The normalized spacial score (nSPS) is 18.5. The van der Waals surface area contributed by atoms with Crippen LogP contribution in [0.2, 0.25) is 0 Å². The van der Waals surface area contributed by atoms with Crippen molar-refractivity contribution in [3.8, 4) is 0 Å². The highest BCUT2D eigenvalue weighted by atomic mass is 16.7. The van der Waals surface area contributed by atoms with Crippen molar-refractivity contribution in [2.45, 2.75) is 51.3 Å². The maximum absolute atomic E-state index is 12.8. The average molecular weight is 455 g/mol. The van der Waals surface area contributed by atoms with E-state index in [0.717, 1.165) is 18.4 Å². The molecule has 33 heavy (non-hydrogen) atoms. The molecule has 3 atom stereocenters. The summed E-state index contributed by atoms with van der Waals surface area (Å²) in [5, 5.41) is 0. The number of rotatable bonds is 11. The van der Waals surface area contributed by atoms with Gasteiger partial charge in [0.05, 0.1) is 26.4 Å². The first-order chi connectivity index (χ1) is 16.1. The van der Waals surface area contributed by atoms with Gasteiger partial charge < -0.3 is 23.7 Å². The third-order valence-electron chi connectivity index (χ3n) is 5.06. The molecular weight excluding hydrogens is 424 g/mol. The number of hydrogen-bond donors (Lipinski definition) is 0. The number of esters is 2. The first kappa shape index (κ1) is 24.5. The molecule has 7 nitrogen and oxygen atoms in total. The van der Waals surface area contributed by atoms with Crippen molar-refractivity contribution in [1.82, 2.24) is 0 Å². The number of unbranched alkanes of at least 4 members (excludes halogenated alkanes) is 1. The number of ether oxygens (including phenoxy) is 5. The SMILES string of the molecule is CCCCOC(=O)[C@H](O[C@@H]1C[C@H](OCc2ccccc2)C=C(C(=O)OC)O1)c1ccccc1. The van der Waals surface area contributed by atoms with Gasteiger partial charge in [-0.1, -0.05) is 74.0 Å². The van der Waals surface area contributed by atoms with Crippen LogP contribution in [-0.4, -0.2) is 38.0 Å². The van der Waals surface area contributed by atoms with Gasteiger partial charge in [-0.05, 0) is 23.6 Å². The lowest BCUT2D eigenvalue weighted by Gasteiger charge is -2.31. The monoisotopic (exact) mass is 454 g/mol. The van der Waals surface area contributed by atoms with Crippen molar-refractivity contribution in [3.63, 3.8) is 0 Å². The van der Waals surface area contributed by atoms with E-state index >= 15 is 0 Å². The minimum atomic E-state index is -1.00. The van der Waals surface area contributed by atoms with Crippen LogP contribution >= 0.6 is 0 Å². The van der Waals surface area contributed by atoms with E-state index in [-0.39, 0.29) is 5.76 Å². The quantitative estimate of drug-likeness (QED) is 0.366. The zero-order valence-corrected chi connectivity index (χ0v) is 19.0. The molecule has 0 radical (unpaired) electrons. The van der Waals surface area contributed by atoms with Crippen LogP contribution in [0.25, 0.3) is 0 Å². The van der Waals surface area contributed by atoms with Crippen LogP contribution in [0.4, 0.5) is 0 Å². The van der Waals surface area contributed by atoms with Crippen molar-refractivity contribution in [1.29, 1.82) is 0 Å². The predicted molar refractivity (Wildman–Crippen MR) is 121 cm³/mol. The van der Waals surface area contributed by atoms with Crippen LogP contribution in [-0.2, 0) is 39.9 Å². The van der Waals surface area contributed by atoms with Crippen molar-refractivity contribution < 1.29 is 33.3 Å². The van der Waals surface area contributed by atoms with Gasteiger partial charge in [-0.15, -0.1) is 0 Å². The first-order valence-electron chi connectivity index (χ1n) is 11.1. The summed E-state index contributed by atoms with van der Waals surface area (Å²) in [6.45, 7) is 2.68. The van der Waals surface area contributed by atoms with Gasteiger partial charge in [-0.25, -0.2) is 9.59 Å². The van der Waals surface area contributed by atoms with Crippen LogP contribution in [0.1, 0.15) is 43.4 Å². The third-order valence-corrected chi connectivity index (χ3v) is 5.06. The number of benzene rings is 2. The molecule has 0 aromatic heterocycles. The number of hydrogen-bond acceptors (Lipinski definition) is 7. The van der Waals surface area contributed by atoms with Gasteiger partial charge in [0.2, 0.25) is 12.0 Å². The molecule has 0 saturated carbocycles. The van der Waals surface area contributed by atoms with Gasteiger partial charge in [0, 0.05) is 6.42 Å². The Morgan fingerprint density at radius 2 is 1.76 bits per heavy atom. The van der Waals surface area contributed by atoms with Crippen molar-refractivity contribution >= 4 is 11.9 Å². The Labute approximate surface area is 194 Å². The Morgan fingerprint density at radius 1 is 1.06 bits per heavy atom. The summed E-state index contributed by atoms with van der Waals surface area (Å²) in [6.07, 6.45) is 1.16. The Hall–Kier alpha value is -3.16. The summed E-state index contributed by atoms with van der Waals surface area (Å²) in [6, 6.07) is 18.8. The largest absolute Gasteiger partial charge is 0.464 e. The fourth-order valence-corrected chi connectivity index (χ4v) is 3.29. The van der Waals surface area contributed by atoms with E-state index in [9.17, 15) is 9.59 Å². The van der Waals surface area contributed by atoms with Crippen LogP contribution < -0.4 is 0 Å². The maximum atomic E-state index is 12.8. The minimum absolute atomic E-state index is 0.0158. The van der Waals surface area contributed by atoms with Crippen LogP contribution in [0.5, 0.6) is 0 Å². The molecule has 0 unspecified atom stereocenters. The molecule has 0 amide bonds. The minimum Gasteiger partial charge on any atom is -0.464 e. The molecule has 0 N–H and O–H groups in total. The van der Waals surface area contributed by atoms with E-state index in [1.165, 1.54) is 7.11 Å². The summed E-state index contributed by atoms with van der Waals surface area (Å²) >= 11 is 0. The summed E-state index contributed by atoms with van der Waals surface area (Å²) in [4.78, 5) is 25.0. The zero-order valence-electron chi connectivity index (χ0n) is 19.0. The molecule has 176 valence electrons. The third kappa shape index (κ3) is 7.44. The van der Waals surface area contributed by atoms with Gasteiger partial charge in [-0.2, -0.15) is 0 Å². The molecule has 2 aromatic carbocycles. The van der Waals surface area contributed by atoms with E-state index in [2.05, 4.69) is 0 Å². The topological polar surface area (TPSA) is 80.3 Å². The second kappa shape index (κ2) is 12.8. The smallest absolute Gasteiger partial charge is 0.373 e. The number of methoxy groups -OCH3 is 1. The van der Waals surface area contributed by atoms with Gasteiger partial charge >= 0.3 is 11.9 Å². The lowest BCUT2D eigenvalue weighted by Crippen LogP contribution is -2.34. The Morgan fingerprint density at radius 3 is 2.42 bits per heavy atom. The second-order valence-corrected chi connectivity index (χ2v) is 7.59. The summed E-state index contributed by atoms with van der Waals surface area (Å²) < 4.78 is 28.0. The number of carbonyl (C=O) groups excluding carboxylic acids is 2. The van der Waals surface area contributed by atoms with Gasteiger partial charge in [0.25, 0.3) is 0 Å². The number of carbonyl (C=O) groups is 2. The van der Waals surface area contributed by atoms with Crippen molar-refractivity contribution in [3.05, 3.63) is 83.6 Å². The lowest BCUT2D eigenvalue weighted by atomic mass is 10.1. The second-order valence-electron chi connectivity index (χ2n) is 7.59. The van der Waals surface area contributed by atoms with Crippen LogP contribution in [0.15, 0.2) is 72.5 Å². The molecule has 0 aliphatic carbocycles. The first-order valence-corrected chi connectivity index (χ1v) is 11.1. The summed E-state index contributed by atoms with van der Waals surface area (Å²) in [7, 11) is 1.27. The fraction of sp³-hybridized carbons (Fsp3) is 0.385. The van der Waals surface area contributed by atoms with Crippen LogP contribution in [0.3, 0.4) is 0 Å². The molecule has 0 fully saturated rings. The van der Waals surface area contributed by atoms with Gasteiger partial charge in [0.1, 0.15) is 0 Å². The van der Waals surface area contributed by atoms with E-state index in [4.69, 9.17) is 23.7 Å². The predicted octanol–water partition coefficient (Wildman–Crippen LogP) is 4.48. The Bertz CT molecular complexity index is 911. The van der Waals surface area contributed by atoms with E-state index in [0.29, 0.717) is 25.2 Å². The highest BCUT2D eigenvalue weighted by Crippen LogP contribution is 2.28. The molecule has 1 heterocycles. The molecule has 7 heteroatoms. The Kier molecular flexibility index (Phi) is 9.47. The zero-order chi connectivity index (χ0) is 23.5. The molecule has 0 spiro atoms. The van der Waals surface area contributed by atoms with Crippen molar-refractivity contribution in [2.24, 2.45) is 0 Å².